The summed E-state index contributed by atoms with van der Waals surface area (Å²) in [6.45, 7) is 0.540. The van der Waals surface area contributed by atoms with Gasteiger partial charge in [-0.1, -0.05) is 72.8 Å². The van der Waals surface area contributed by atoms with Crippen LogP contribution in [0, 0.1) is 0 Å². The second kappa shape index (κ2) is 10.0. The van der Waals surface area contributed by atoms with Crippen LogP contribution >= 0.6 is 0 Å². The van der Waals surface area contributed by atoms with E-state index in [1.807, 2.05) is 66.7 Å². The molecule has 5 heteroatoms. The molecule has 140 valence electrons. The lowest BCUT2D eigenvalue weighted by Gasteiger charge is -2.11. The number of benzene rings is 4. The second-order valence-corrected chi connectivity index (χ2v) is 6.03. The molecular formula is C23H18O4S. The molecule has 0 saturated heterocycles. The molecular weight excluding hydrogens is 372 g/mol. The minimum Gasteiger partial charge on any atom is -0.489 e. The summed E-state index contributed by atoms with van der Waals surface area (Å²) in [5, 5.41) is 2.26. The quantitative estimate of drug-likeness (QED) is 0.449. The molecule has 0 aliphatic heterocycles. The van der Waals surface area contributed by atoms with Crippen molar-refractivity contribution in [1.82, 2.24) is 0 Å². The fourth-order valence-corrected chi connectivity index (χ4v) is 2.78. The van der Waals surface area contributed by atoms with Gasteiger partial charge in [-0.15, -0.1) is 0 Å². The number of fused-ring (bicyclic) bond motifs is 1. The summed E-state index contributed by atoms with van der Waals surface area (Å²) >= 11 is -0.750. The Hall–Kier alpha value is -3.44. The van der Waals surface area contributed by atoms with E-state index in [0.29, 0.717) is 6.61 Å². The summed E-state index contributed by atoms with van der Waals surface area (Å²) in [5.41, 5.74) is 1.14. The summed E-state index contributed by atoms with van der Waals surface area (Å²) in [5.74, 6) is 2.40. The van der Waals surface area contributed by atoms with Crippen LogP contribution in [-0.4, -0.2) is 8.42 Å². The third-order valence-electron chi connectivity index (χ3n) is 4.03. The molecule has 28 heavy (non-hydrogen) atoms. The Bertz CT molecular complexity index is 1070. The van der Waals surface area contributed by atoms with Crippen molar-refractivity contribution in [2.45, 2.75) is 6.61 Å². The molecule has 0 aliphatic carbocycles. The maximum Gasteiger partial charge on any atom is 0.335 e. The van der Waals surface area contributed by atoms with Crippen LogP contribution in [0.4, 0.5) is 0 Å². The van der Waals surface area contributed by atoms with Gasteiger partial charge < -0.3 is 9.47 Å². The standard InChI is InChI=1S/C23H18O2.O2S/c1-2-8-18(9-3-1)17-24-20-12-7-13-21(16-20)25-23-15-6-11-19-10-4-5-14-22(19)23;1-3-2/h1-16H,17H2;. The minimum atomic E-state index is -0.750. The highest BCUT2D eigenvalue weighted by Crippen LogP contribution is 2.31. The molecule has 0 aromatic heterocycles. The Morgan fingerprint density at radius 2 is 1.32 bits per heavy atom. The maximum atomic E-state index is 8.29. The Kier molecular flexibility index (Phi) is 6.93. The van der Waals surface area contributed by atoms with Gasteiger partial charge in [-0.05, 0) is 29.1 Å². The van der Waals surface area contributed by atoms with Gasteiger partial charge in [-0.3, -0.25) is 0 Å². The number of hydrogen-bond acceptors (Lipinski definition) is 4. The molecule has 0 spiro atoms. The van der Waals surface area contributed by atoms with Crippen LogP contribution in [0.1, 0.15) is 5.56 Å². The van der Waals surface area contributed by atoms with Crippen molar-refractivity contribution in [2.75, 3.05) is 0 Å². The molecule has 0 saturated carbocycles. The fourth-order valence-electron chi connectivity index (χ4n) is 2.78. The first-order chi connectivity index (χ1) is 13.8. The molecule has 0 fully saturated rings. The van der Waals surface area contributed by atoms with Gasteiger partial charge in [0, 0.05) is 11.5 Å². The molecule has 0 atom stereocenters. The third-order valence-corrected chi connectivity index (χ3v) is 4.03. The van der Waals surface area contributed by atoms with Crippen LogP contribution in [0.25, 0.3) is 10.8 Å². The molecule has 4 aromatic carbocycles. The number of rotatable bonds is 5. The van der Waals surface area contributed by atoms with Crippen molar-refractivity contribution in [3.63, 3.8) is 0 Å². The Morgan fingerprint density at radius 3 is 2.14 bits per heavy atom. The molecule has 0 amide bonds. The molecule has 0 bridgehead atoms. The summed E-state index contributed by atoms with van der Waals surface area (Å²) in [4.78, 5) is 0. The molecule has 0 unspecified atom stereocenters. The lowest BCUT2D eigenvalue weighted by molar-refractivity contribution is 0.304. The van der Waals surface area contributed by atoms with Gasteiger partial charge in [0.15, 0.2) is 0 Å². The zero-order valence-electron chi connectivity index (χ0n) is 15.0. The molecule has 0 radical (unpaired) electrons. The lowest BCUT2D eigenvalue weighted by Crippen LogP contribution is -1.95. The zero-order valence-corrected chi connectivity index (χ0v) is 15.8. The average Bonchev–Trinajstić information content (AvgIpc) is 2.74. The topological polar surface area (TPSA) is 52.6 Å². The molecule has 0 heterocycles. The summed E-state index contributed by atoms with van der Waals surface area (Å²) in [6.07, 6.45) is 0. The fraction of sp³-hybridized carbons (Fsp3) is 0.0435. The van der Waals surface area contributed by atoms with Crippen molar-refractivity contribution in [2.24, 2.45) is 0 Å². The monoisotopic (exact) mass is 390 g/mol. The molecule has 4 aromatic rings. The van der Waals surface area contributed by atoms with E-state index in [1.54, 1.807) is 0 Å². The van der Waals surface area contributed by atoms with Gasteiger partial charge >= 0.3 is 11.6 Å². The summed E-state index contributed by atoms with van der Waals surface area (Å²) < 4.78 is 28.6. The normalized spacial score (nSPS) is 9.86. The van der Waals surface area contributed by atoms with Gasteiger partial charge in [-0.25, -0.2) is 0 Å². The van der Waals surface area contributed by atoms with E-state index in [1.165, 1.54) is 0 Å². The predicted molar refractivity (Wildman–Crippen MR) is 110 cm³/mol. The van der Waals surface area contributed by atoms with Crippen molar-refractivity contribution in [3.05, 3.63) is 103 Å². The van der Waals surface area contributed by atoms with Crippen LogP contribution in [0.5, 0.6) is 17.2 Å². The van der Waals surface area contributed by atoms with Gasteiger partial charge in [0.05, 0.1) is 0 Å². The van der Waals surface area contributed by atoms with Crippen LogP contribution in [0.3, 0.4) is 0 Å². The summed E-state index contributed by atoms with van der Waals surface area (Å²) in [6, 6.07) is 32.2. The molecule has 4 nitrogen and oxygen atoms in total. The first-order valence-electron chi connectivity index (χ1n) is 8.64. The van der Waals surface area contributed by atoms with E-state index in [9.17, 15) is 0 Å². The Morgan fingerprint density at radius 1 is 0.679 bits per heavy atom. The van der Waals surface area contributed by atoms with E-state index >= 15 is 0 Å². The molecule has 0 aliphatic rings. The maximum absolute atomic E-state index is 8.29. The van der Waals surface area contributed by atoms with Crippen LogP contribution in [0.2, 0.25) is 0 Å². The first kappa shape index (κ1) is 19.3. The second-order valence-electron chi connectivity index (χ2n) is 5.90. The Labute approximate surface area is 167 Å². The minimum absolute atomic E-state index is 0.540. The Balaban J connectivity index is 0.000000706. The third kappa shape index (κ3) is 5.28. The number of hydrogen-bond donors (Lipinski definition) is 0. The van der Waals surface area contributed by atoms with Crippen LogP contribution < -0.4 is 9.47 Å². The predicted octanol–water partition coefficient (Wildman–Crippen LogP) is 5.54. The van der Waals surface area contributed by atoms with E-state index in [4.69, 9.17) is 17.9 Å². The van der Waals surface area contributed by atoms with Gasteiger partial charge in [0.1, 0.15) is 23.9 Å². The van der Waals surface area contributed by atoms with Gasteiger partial charge in [0.2, 0.25) is 0 Å². The smallest absolute Gasteiger partial charge is 0.335 e. The zero-order chi connectivity index (χ0) is 19.6. The summed E-state index contributed by atoms with van der Waals surface area (Å²) in [7, 11) is 0. The SMILES string of the molecule is O=S=O.c1ccc(COc2cccc(Oc3cccc4ccccc34)c2)cc1. The van der Waals surface area contributed by atoms with Crippen molar-refractivity contribution < 1.29 is 17.9 Å². The largest absolute Gasteiger partial charge is 0.489 e. The van der Waals surface area contributed by atoms with Crippen molar-refractivity contribution >= 4 is 22.3 Å². The molecule has 0 N–H and O–H groups in total. The highest BCUT2D eigenvalue weighted by atomic mass is 32.1. The number of ether oxygens (including phenoxy) is 2. The highest BCUT2D eigenvalue weighted by molar-refractivity contribution is 7.51. The van der Waals surface area contributed by atoms with Crippen molar-refractivity contribution in [3.8, 4) is 17.2 Å². The average molecular weight is 390 g/mol. The van der Waals surface area contributed by atoms with Crippen LogP contribution in [0.15, 0.2) is 97.1 Å². The van der Waals surface area contributed by atoms with Gasteiger partial charge in [-0.2, -0.15) is 8.42 Å². The highest BCUT2D eigenvalue weighted by Gasteiger charge is 2.04. The first-order valence-corrected chi connectivity index (χ1v) is 9.31. The van der Waals surface area contributed by atoms with Gasteiger partial charge in [0.25, 0.3) is 0 Å². The van der Waals surface area contributed by atoms with Crippen molar-refractivity contribution in [1.29, 1.82) is 0 Å². The van der Waals surface area contributed by atoms with E-state index < -0.39 is 11.6 Å². The van der Waals surface area contributed by atoms with E-state index in [2.05, 4.69) is 30.3 Å². The van der Waals surface area contributed by atoms with Crippen LogP contribution in [-0.2, 0) is 18.2 Å². The lowest BCUT2D eigenvalue weighted by atomic mass is 10.1. The van der Waals surface area contributed by atoms with E-state index in [-0.39, 0.29) is 0 Å². The molecule has 4 rings (SSSR count). The van der Waals surface area contributed by atoms with E-state index in [0.717, 1.165) is 33.6 Å².